The van der Waals surface area contributed by atoms with Crippen molar-refractivity contribution in [3.8, 4) is 0 Å². The van der Waals surface area contributed by atoms with E-state index in [-0.39, 0.29) is 6.61 Å². The average Bonchev–Trinajstić information content (AvgIpc) is 2.76. The van der Waals surface area contributed by atoms with Gasteiger partial charge < -0.3 is 30.7 Å². The van der Waals surface area contributed by atoms with Crippen molar-refractivity contribution in [1.29, 1.82) is 0 Å². The first-order valence-corrected chi connectivity index (χ1v) is 10.1. The molecule has 0 aliphatic carbocycles. The van der Waals surface area contributed by atoms with E-state index in [1.807, 2.05) is 12.1 Å². The predicted molar refractivity (Wildman–Crippen MR) is 115 cm³/mol. The molecule has 0 amide bonds. The van der Waals surface area contributed by atoms with E-state index in [0.717, 1.165) is 58.2 Å². The summed E-state index contributed by atoms with van der Waals surface area (Å²) in [5, 5.41) is 18.9. The summed E-state index contributed by atoms with van der Waals surface area (Å²) in [5.74, 6) is 0. The van der Waals surface area contributed by atoms with Crippen LogP contribution in [0.25, 0.3) is 0 Å². The fourth-order valence-corrected chi connectivity index (χ4v) is 3.23. The largest absolute Gasteiger partial charge is 0.395 e. The monoisotopic (exact) mass is 384 g/mol. The number of rotatable bonds is 11. The number of nitrogens with zero attached hydrogens (tertiary/aromatic N) is 1. The molecule has 0 radical (unpaired) electrons. The molecule has 2 aromatic carbocycles. The molecule has 28 heavy (non-hydrogen) atoms. The fraction of sp³-hybridized carbons (Fsp3) is 0.455. The Morgan fingerprint density at radius 1 is 0.786 bits per heavy atom. The topological polar surface area (TPSA) is 68.8 Å². The number of anilines is 2. The SMILES string of the molecule is OCCNc1ccc(CNCCNCc2ccc(N3CCOCC3)cc2)cc1. The number of benzene rings is 2. The Labute approximate surface area is 167 Å². The van der Waals surface area contributed by atoms with Crippen LogP contribution in [0.5, 0.6) is 0 Å². The molecule has 0 aromatic heterocycles. The van der Waals surface area contributed by atoms with E-state index < -0.39 is 0 Å². The molecular weight excluding hydrogens is 352 g/mol. The number of ether oxygens (including phenoxy) is 1. The van der Waals surface area contributed by atoms with Crippen LogP contribution in [0.2, 0.25) is 0 Å². The highest BCUT2D eigenvalue weighted by molar-refractivity contribution is 5.48. The first-order valence-electron chi connectivity index (χ1n) is 10.1. The maximum atomic E-state index is 8.82. The molecule has 1 aliphatic rings. The minimum Gasteiger partial charge on any atom is -0.395 e. The van der Waals surface area contributed by atoms with Crippen molar-refractivity contribution in [1.82, 2.24) is 10.6 Å². The third-order valence-corrected chi connectivity index (χ3v) is 4.84. The molecule has 1 aliphatic heterocycles. The van der Waals surface area contributed by atoms with Gasteiger partial charge in [-0.25, -0.2) is 0 Å². The van der Waals surface area contributed by atoms with Crippen LogP contribution < -0.4 is 20.9 Å². The minimum atomic E-state index is 0.147. The van der Waals surface area contributed by atoms with Crippen LogP contribution in [0.1, 0.15) is 11.1 Å². The quantitative estimate of drug-likeness (QED) is 0.443. The molecule has 1 fully saturated rings. The van der Waals surface area contributed by atoms with Crippen LogP contribution in [-0.2, 0) is 17.8 Å². The lowest BCUT2D eigenvalue weighted by Crippen LogP contribution is -2.36. The Morgan fingerprint density at radius 2 is 1.36 bits per heavy atom. The van der Waals surface area contributed by atoms with Gasteiger partial charge in [0.1, 0.15) is 0 Å². The van der Waals surface area contributed by atoms with E-state index in [4.69, 9.17) is 9.84 Å². The van der Waals surface area contributed by atoms with Gasteiger partial charge in [-0.1, -0.05) is 24.3 Å². The van der Waals surface area contributed by atoms with Gasteiger partial charge in [0, 0.05) is 57.2 Å². The van der Waals surface area contributed by atoms with Crippen molar-refractivity contribution in [3.63, 3.8) is 0 Å². The second kappa shape index (κ2) is 11.7. The van der Waals surface area contributed by atoms with Crippen LogP contribution in [0.4, 0.5) is 11.4 Å². The number of morpholine rings is 1. The Morgan fingerprint density at radius 3 is 1.93 bits per heavy atom. The van der Waals surface area contributed by atoms with E-state index in [0.29, 0.717) is 6.54 Å². The molecule has 0 bridgehead atoms. The third-order valence-electron chi connectivity index (χ3n) is 4.84. The van der Waals surface area contributed by atoms with Gasteiger partial charge in [-0.05, 0) is 35.4 Å². The summed E-state index contributed by atoms with van der Waals surface area (Å²) < 4.78 is 5.41. The van der Waals surface area contributed by atoms with E-state index in [1.165, 1.54) is 16.8 Å². The molecule has 6 heteroatoms. The molecule has 4 N–H and O–H groups in total. The zero-order valence-electron chi connectivity index (χ0n) is 16.5. The highest BCUT2D eigenvalue weighted by Crippen LogP contribution is 2.16. The van der Waals surface area contributed by atoms with Gasteiger partial charge in [0.2, 0.25) is 0 Å². The second-order valence-corrected chi connectivity index (χ2v) is 6.97. The first kappa shape index (κ1) is 20.6. The van der Waals surface area contributed by atoms with Gasteiger partial charge in [0.05, 0.1) is 19.8 Å². The highest BCUT2D eigenvalue weighted by Gasteiger charge is 2.10. The van der Waals surface area contributed by atoms with Gasteiger partial charge in [0.15, 0.2) is 0 Å². The number of hydrogen-bond acceptors (Lipinski definition) is 6. The van der Waals surface area contributed by atoms with Gasteiger partial charge in [-0.3, -0.25) is 0 Å². The summed E-state index contributed by atoms with van der Waals surface area (Å²) in [6, 6.07) is 17.1. The Bertz CT molecular complexity index is 670. The average molecular weight is 385 g/mol. The van der Waals surface area contributed by atoms with Gasteiger partial charge in [-0.15, -0.1) is 0 Å². The van der Waals surface area contributed by atoms with Crippen LogP contribution in [0.3, 0.4) is 0 Å². The van der Waals surface area contributed by atoms with E-state index >= 15 is 0 Å². The fourth-order valence-electron chi connectivity index (χ4n) is 3.23. The maximum absolute atomic E-state index is 8.82. The Balaban J connectivity index is 1.28. The Hall–Kier alpha value is -2.12. The normalized spacial score (nSPS) is 14.2. The van der Waals surface area contributed by atoms with Gasteiger partial charge in [0.25, 0.3) is 0 Å². The summed E-state index contributed by atoms with van der Waals surface area (Å²) in [6.07, 6.45) is 0. The van der Waals surface area contributed by atoms with Crippen LogP contribution in [0, 0.1) is 0 Å². The predicted octanol–water partition coefficient (Wildman–Crippen LogP) is 1.81. The lowest BCUT2D eigenvalue weighted by molar-refractivity contribution is 0.122. The van der Waals surface area contributed by atoms with Crippen molar-refractivity contribution in [2.45, 2.75) is 13.1 Å². The third kappa shape index (κ3) is 6.80. The molecule has 6 nitrogen and oxygen atoms in total. The smallest absolute Gasteiger partial charge is 0.0642 e. The standard InChI is InChI=1S/C22H32N4O2/c27-14-11-25-21-5-1-19(2-6-21)17-23-9-10-24-18-20-3-7-22(8-4-20)26-12-15-28-16-13-26/h1-8,23-25,27H,9-18H2. The van der Waals surface area contributed by atoms with Crippen LogP contribution >= 0.6 is 0 Å². The van der Waals surface area contributed by atoms with E-state index in [2.05, 4.69) is 57.2 Å². The van der Waals surface area contributed by atoms with Crippen LogP contribution in [-0.4, -0.2) is 57.7 Å². The molecule has 0 saturated carbocycles. The number of nitrogens with one attached hydrogen (secondary N) is 3. The van der Waals surface area contributed by atoms with Crippen molar-refractivity contribution in [2.75, 3.05) is 62.8 Å². The van der Waals surface area contributed by atoms with E-state index in [1.54, 1.807) is 0 Å². The van der Waals surface area contributed by atoms with Crippen molar-refractivity contribution in [3.05, 3.63) is 59.7 Å². The Kier molecular flexibility index (Phi) is 8.58. The summed E-state index contributed by atoms with van der Waals surface area (Å²) in [6.45, 7) is 7.93. The lowest BCUT2D eigenvalue weighted by Gasteiger charge is -2.28. The zero-order valence-corrected chi connectivity index (χ0v) is 16.5. The van der Waals surface area contributed by atoms with Crippen molar-refractivity contribution in [2.24, 2.45) is 0 Å². The van der Waals surface area contributed by atoms with Gasteiger partial charge >= 0.3 is 0 Å². The number of hydrogen-bond donors (Lipinski definition) is 4. The zero-order chi connectivity index (χ0) is 19.4. The van der Waals surface area contributed by atoms with Crippen LogP contribution in [0.15, 0.2) is 48.5 Å². The lowest BCUT2D eigenvalue weighted by atomic mass is 10.2. The molecule has 0 atom stereocenters. The first-order chi connectivity index (χ1) is 13.8. The van der Waals surface area contributed by atoms with Gasteiger partial charge in [-0.2, -0.15) is 0 Å². The molecule has 0 unspecified atom stereocenters. The summed E-state index contributed by atoms with van der Waals surface area (Å²) in [5.41, 5.74) is 4.89. The number of aliphatic hydroxyl groups excluding tert-OH is 1. The molecular formula is C22H32N4O2. The summed E-state index contributed by atoms with van der Waals surface area (Å²) in [7, 11) is 0. The van der Waals surface area contributed by atoms with E-state index in [9.17, 15) is 0 Å². The highest BCUT2D eigenvalue weighted by atomic mass is 16.5. The summed E-state index contributed by atoms with van der Waals surface area (Å²) >= 11 is 0. The molecule has 1 saturated heterocycles. The molecule has 2 aromatic rings. The molecule has 1 heterocycles. The second-order valence-electron chi connectivity index (χ2n) is 6.97. The molecule has 3 rings (SSSR count). The molecule has 152 valence electrons. The van der Waals surface area contributed by atoms with Crippen molar-refractivity contribution < 1.29 is 9.84 Å². The minimum absolute atomic E-state index is 0.147. The van der Waals surface area contributed by atoms with Crippen molar-refractivity contribution >= 4 is 11.4 Å². The number of aliphatic hydroxyl groups is 1. The molecule has 0 spiro atoms. The summed E-state index contributed by atoms with van der Waals surface area (Å²) in [4.78, 5) is 2.37. The maximum Gasteiger partial charge on any atom is 0.0642 e.